The second-order valence-corrected chi connectivity index (χ2v) is 2.41. The molecule has 0 saturated carbocycles. The fourth-order valence-corrected chi connectivity index (χ4v) is 1.05. The van der Waals surface area contributed by atoms with E-state index < -0.39 is 0 Å². The second kappa shape index (κ2) is 3.76. The summed E-state index contributed by atoms with van der Waals surface area (Å²) >= 11 is 0. The lowest BCUT2D eigenvalue weighted by molar-refractivity contribution is 0.0954. The van der Waals surface area contributed by atoms with E-state index in [0.717, 1.165) is 0 Å². The number of carbonyl (C=O) groups excluding carboxylic acids is 1. The number of hydrogen-bond donors (Lipinski definition) is 1. The Morgan fingerprint density at radius 2 is 2.58 bits per heavy atom. The molecule has 1 amide bonds. The maximum atomic E-state index is 11.2. The zero-order valence-corrected chi connectivity index (χ0v) is 7.08. The van der Waals surface area contributed by atoms with Gasteiger partial charge in [-0.3, -0.25) is 4.79 Å². The molecule has 0 bridgehead atoms. The highest BCUT2D eigenvalue weighted by Crippen LogP contribution is 2.01. The molecular weight excluding hydrogens is 152 g/mol. The van der Waals surface area contributed by atoms with Gasteiger partial charge in [0.2, 0.25) is 0 Å². The number of aromatic nitrogens is 1. The van der Waals surface area contributed by atoms with Gasteiger partial charge in [0.1, 0.15) is 5.69 Å². The average Bonchev–Trinajstić information content (AvgIpc) is 2.52. The van der Waals surface area contributed by atoms with Gasteiger partial charge in [-0.25, -0.2) is 0 Å². The summed E-state index contributed by atoms with van der Waals surface area (Å²) in [6.45, 7) is 4.27. The number of allylic oxidation sites excluding steroid dienone is 1. The van der Waals surface area contributed by atoms with Crippen LogP contribution in [-0.2, 0) is 6.54 Å². The fraction of sp³-hybridized carbons (Fsp3) is 0.222. The zero-order valence-electron chi connectivity index (χ0n) is 7.08. The minimum absolute atomic E-state index is 0.0677. The molecule has 0 unspecified atom stereocenters. The number of rotatable bonds is 3. The highest BCUT2D eigenvalue weighted by atomic mass is 16.1. The summed E-state index contributed by atoms with van der Waals surface area (Å²) in [6, 6.07) is 3.62. The van der Waals surface area contributed by atoms with Gasteiger partial charge < -0.3 is 9.88 Å². The van der Waals surface area contributed by atoms with Crippen molar-refractivity contribution < 1.29 is 4.79 Å². The maximum Gasteiger partial charge on any atom is 0.267 e. The van der Waals surface area contributed by atoms with Crippen molar-refractivity contribution in [2.45, 2.75) is 6.54 Å². The summed E-state index contributed by atoms with van der Waals surface area (Å²) < 4.78 is 1.84. The third-order valence-electron chi connectivity index (χ3n) is 1.62. The molecule has 1 heterocycles. The van der Waals surface area contributed by atoms with Crippen LogP contribution in [0.15, 0.2) is 31.0 Å². The highest BCUT2D eigenvalue weighted by Gasteiger charge is 2.06. The van der Waals surface area contributed by atoms with E-state index in [2.05, 4.69) is 11.9 Å². The predicted octanol–water partition coefficient (Wildman–Crippen LogP) is 1.03. The van der Waals surface area contributed by atoms with Gasteiger partial charge in [-0.1, -0.05) is 6.08 Å². The molecule has 0 aliphatic heterocycles. The van der Waals surface area contributed by atoms with E-state index in [4.69, 9.17) is 0 Å². The van der Waals surface area contributed by atoms with E-state index in [1.54, 1.807) is 19.2 Å². The van der Waals surface area contributed by atoms with Gasteiger partial charge >= 0.3 is 0 Å². The largest absolute Gasteiger partial charge is 0.354 e. The van der Waals surface area contributed by atoms with Crippen molar-refractivity contribution in [3.63, 3.8) is 0 Å². The van der Waals surface area contributed by atoms with Crippen LogP contribution in [0.3, 0.4) is 0 Å². The molecule has 1 rings (SSSR count). The Bertz CT molecular complexity index is 288. The van der Waals surface area contributed by atoms with Crippen LogP contribution in [0, 0.1) is 0 Å². The Morgan fingerprint density at radius 3 is 3.17 bits per heavy atom. The molecule has 0 spiro atoms. The Hall–Kier alpha value is -1.51. The van der Waals surface area contributed by atoms with Gasteiger partial charge in [0.15, 0.2) is 0 Å². The fourth-order valence-electron chi connectivity index (χ4n) is 1.05. The first-order valence-corrected chi connectivity index (χ1v) is 3.77. The Morgan fingerprint density at radius 1 is 1.83 bits per heavy atom. The second-order valence-electron chi connectivity index (χ2n) is 2.41. The molecule has 3 heteroatoms. The highest BCUT2D eigenvalue weighted by molar-refractivity contribution is 5.92. The summed E-state index contributed by atoms with van der Waals surface area (Å²) in [5.74, 6) is -0.0677. The van der Waals surface area contributed by atoms with Gasteiger partial charge in [-0.2, -0.15) is 0 Å². The molecule has 64 valence electrons. The van der Waals surface area contributed by atoms with Crippen molar-refractivity contribution >= 4 is 5.91 Å². The van der Waals surface area contributed by atoms with Crippen LogP contribution in [-0.4, -0.2) is 17.5 Å². The molecule has 1 aromatic heterocycles. The standard InChI is InChI=1S/C9H12N2O/c1-3-6-11-7-4-5-8(11)9(12)10-2/h3-5,7H,1,6H2,2H3,(H,10,12). The Labute approximate surface area is 71.7 Å². The Kier molecular flexibility index (Phi) is 2.69. The smallest absolute Gasteiger partial charge is 0.267 e. The normalized spacial score (nSPS) is 9.42. The molecule has 0 atom stereocenters. The van der Waals surface area contributed by atoms with Crippen LogP contribution in [0.4, 0.5) is 0 Å². The van der Waals surface area contributed by atoms with Crippen LogP contribution in [0.5, 0.6) is 0 Å². The van der Waals surface area contributed by atoms with Crippen LogP contribution in [0.25, 0.3) is 0 Å². The molecule has 12 heavy (non-hydrogen) atoms. The summed E-state index contributed by atoms with van der Waals surface area (Å²) in [6.07, 6.45) is 3.61. The van der Waals surface area contributed by atoms with Crippen LogP contribution >= 0.6 is 0 Å². The van der Waals surface area contributed by atoms with E-state index in [9.17, 15) is 4.79 Å². The quantitative estimate of drug-likeness (QED) is 0.665. The van der Waals surface area contributed by atoms with Crippen molar-refractivity contribution in [1.29, 1.82) is 0 Å². The van der Waals surface area contributed by atoms with Crippen LogP contribution < -0.4 is 5.32 Å². The molecule has 1 aromatic rings. The van der Waals surface area contributed by atoms with Gasteiger partial charge in [-0.15, -0.1) is 6.58 Å². The molecule has 1 N–H and O–H groups in total. The van der Waals surface area contributed by atoms with E-state index in [-0.39, 0.29) is 5.91 Å². The molecule has 3 nitrogen and oxygen atoms in total. The lowest BCUT2D eigenvalue weighted by Gasteiger charge is -2.03. The summed E-state index contributed by atoms with van der Waals surface area (Å²) in [5, 5.41) is 2.57. The number of carbonyl (C=O) groups is 1. The molecular formula is C9H12N2O. The molecule has 0 aliphatic rings. The van der Waals surface area contributed by atoms with E-state index in [1.807, 2.05) is 16.8 Å². The molecule has 0 fully saturated rings. The topological polar surface area (TPSA) is 34.0 Å². The lowest BCUT2D eigenvalue weighted by atomic mass is 10.4. The molecule has 0 radical (unpaired) electrons. The zero-order chi connectivity index (χ0) is 8.97. The van der Waals surface area contributed by atoms with Crippen LogP contribution in [0.1, 0.15) is 10.5 Å². The van der Waals surface area contributed by atoms with Crippen molar-refractivity contribution in [3.05, 3.63) is 36.7 Å². The average molecular weight is 164 g/mol. The van der Waals surface area contributed by atoms with Crippen molar-refractivity contribution in [1.82, 2.24) is 9.88 Å². The van der Waals surface area contributed by atoms with E-state index in [0.29, 0.717) is 12.2 Å². The number of nitrogens with zero attached hydrogens (tertiary/aromatic N) is 1. The van der Waals surface area contributed by atoms with E-state index >= 15 is 0 Å². The lowest BCUT2D eigenvalue weighted by Crippen LogP contribution is -2.21. The van der Waals surface area contributed by atoms with Crippen LogP contribution in [0.2, 0.25) is 0 Å². The first-order chi connectivity index (χ1) is 5.79. The summed E-state index contributed by atoms with van der Waals surface area (Å²) in [5.41, 5.74) is 0.664. The summed E-state index contributed by atoms with van der Waals surface area (Å²) in [7, 11) is 1.62. The van der Waals surface area contributed by atoms with E-state index in [1.165, 1.54) is 0 Å². The van der Waals surface area contributed by atoms with Crippen molar-refractivity contribution in [2.75, 3.05) is 7.05 Å². The predicted molar refractivity (Wildman–Crippen MR) is 48.0 cm³/mol. The molecule has 0 aromatic carbocycles. The van der Waals surface area contributed by atoms with Crippen molar-refractivity contribution in [2.24, 2.45) is 0 Å². The minimum atomic E-state index is -0.0677. The molecule has 0 saturated heterocycles. The first kappa shape index (κ1) is 8.59. The maximum absolute atomic E-state index is 11.2. The third kappa shape index (κ3) is 1.56. The number of hydrogen-bond acceptors (Lipinski definition) is 1. The monoisotopic (exact) mass is 164 g/mol. The third-order valence-corrected chi connectivity index (χ3v) is 1.62. The van der Waals surface area contributed by atoms with Gasteiger partial charge in [0, 0.05) is 19.8 Å². The minimum Gasteiger partial charge on any atom is -0.354 e. The number of amides is 1. The first-order valence-electron chi connectivity index (χ1n) is 3.77. The number of nitrogens with one attached hydrogen (secondary N) is 1. The van der Waals surface area contributed by atoms with Crippen molar-refractivity contribution in [3.8, 4) is 0 Å². The molecule has 0 aliphatic carbocycles. The van der Waals surface area contributed by atoms with Gasteiger partial charge in [-0.05, 0) is 12.1 Å². The van der Waals surface area contributed by atoms with Gasteiger partial charge in [0.05, 0.1) is 0 Å². The SMILES string of the molecule is C=CCn1cccc1C(=O)NC. The summed E-state index contributed by atoms with van der Waals surface area (Å²) in [4.78, 5) is 11.2. The van der Waals surface area contributed by atoms with Gasteiger partial charge in [0.25, 0.3) is 5.91 Å². The Balaban J connectivity index is 2.90.